The van der Waals surface area contributed by atoms with E-state index in [0.717, 1.165) is 30.0 Å². The van der Waals surface area contributed by atoms with Gasteiger partial charge in [0.2, 0.25) is 0 Å². The molecule has 4 heteroatoms. The van der Waals surface area contributed by atoms with Crippen molar-refractivity contribution in [3.05, 3.63) is 23.8 Å². The normalized spacial score (nSPS) is 24.0. The molecule has 3 rings (SSSR count). The predicted octanol–water partition coefficient (Wildman–Crippen LogP) is 3.40. The quantitative estimate of drug-likeness (QED) is 0.825. The van der Waals surface area contributed by atoms with Gasteiger partial charge in [-0.2, -0.15) is 0 Å². The van der Waals surface area contributed by atoms with E-state index in [1.54, 1.807) is 14.2 Å². The van der Waals surface area contributed by atoms with Crippen molar-refractivity contribution in [3.8, 4) is 11.5 Å². The van der Waals surface area contributed by atoms with Gasteiger partial charge in [0.15, 0.2) is 0 Å². The van der Waals surface area contributed by atoms with Gasteiger partial charge in [-0.1, -0.05) is 13.0 Å². The number of hydrogen-bond donors (Lipinski definition) is 0. The zero-order valence-electron chi connectivity index (χ0n) is 15.5. The number of likely N-dealkylation sites (tertiary alicyclic amines) is 2. The third kappa shape index (κ3) is 4.22. The second-order valence-corrected chi connectivity index (χ2v) is 7.43. The Bertz CT molecular complexity index is 526. The first-order valence-corrected chi connectivity index (χ1v) is 9.37. The van der Waals surface area contributed by atoms with Crippen LogP contribution >= 0.6 is 0 Å². The highest BCUT2D eigenvalue weighted by molar-refractivity contribution is 5.40. The van der Waals surface area contributed by atoms with Crippen molar-refractivity contribution in [1.29, 1.82) is 0 Å². The SMILES string of the molecule is COc1ccc(CN2CCC(N3CCC[C@@H](C)C3)CC2)c(OC)c1. The van der Waals surface area contributed by atoms with Gasteiger partial charge in [-0.15, -0.1) is 0 Å². The van der Waals surface area contributed by atoms with E-state index in [1.807, 2.05) is 12.1 Å². The van der Waals surface area contributed by atoms with Crippen LogP contribution in [0.5, 0.6) is 11.5 Å². The maximum Gasteiger partial charge on any atom is 0.127 e. The van der Waals surface area contributed by atoms with Crippen LogP contribution in [-0.4, -0.2) is 56.2 Å². The van der Waals surface area contributed by atoms with Gasteiger partial charge in [-0.3, -0.25) is 4.90 Å². The summed E-state index contributed by atoms with van der Waals surface area (Å²) < 4.78 is 10.8. The Balaban J connectivity index is 1.54. The Labute approximate surface area is 146 Å². The van der Waals surface area contributed by atoms with Gasteiger partial charge < -0.3 is 14.4 Å². The Morgan fingerprint density at radius 3 is 2.50 bits per heavy atom. The van der Waals surface area contributed by atoms with Crippen LogP contribution in [0, 0.1) is 5.92 Å². The monoisotopic (exact) mass is 332 g/mol. The molecule has 1 atom stereocenters. The average molecular weight is 332 g/mol. The van der Waals surface area contributed by atoms with E-state index in [0.29, 0.717) is 0 Å². The molecular formula is C20H32N2O2. The first kappa shape index (κ1) is 17.6. The lowest BCUT2D eigenvalue weighted by molar-refractivity contribution is 0.0726. The Morgan fingerprint density at radius 2 is 1.83 bits per heavy atom. The molecule has 4 nitrogen and oxygen atoms in total. The lowest BCUT2D eigenvalue weighted by Crippen LogP contribution is -2.47. The smallest absolute Gasteiger partial charge is 0.127 e. The summed E-state index contributed by atoms with van der Waals surface area (Å²) in [5, 5.41) is 0. The lowest BCUT2D eigenvalue weighted by Gasteiger charge is -2.41. The Morgan fingerprint density at radius 1 is 1.04 bits per heavy atom. The first-order chi connectivity index (χ1) is 11.7. The molecule has 1 aromatic rings. The Hall–Kier alpha value is -1.26. The molecule has 0 N–H and O–H groups in total. The molecule has 134 valence electrons. The van der Waals surface area contributed by atoms with Crippen molar-refractivity contribution in [2.75, 3.05) is 40.4 Å². The summed E-state index contributed by atoms with van der Waals surface area (Å²) in [5.41, 5.74) is 1.25. The van der Waals surface area contributed by atoms with Gasteiger partial charge in [0.05, 0.1) is 14.2 Å². The third-order valence-electron chi connectivity index (χ3n) is 5.65. The first-order valence-electron chi connectivity index (χ1n) is 9.37. The second-order valence-electron chi connectivity index (χ2n) is 7.43. The van der Waals surface area contributed by atoms with Crippen LogP contribution in [0.3, 0.4) is 0 Å². The van der Waals surface area contributed by atoms with Crippen LogP contribution in [-0.2, 0) is 6.54 Å². The molecule has 2 aliphatic rings. The largest absolute Gasteiger partial charge is 0.497 e. The van der Waals surface area contributed by atoms with Crippen LogP contribution < -0.4 is 9.47 Å². The van der Waals surface area contributed by atoms with Crippen LogP contribution in [0.4, 0.5) is 0 Å². The average Bonchev–Trinajstić information content (AvgIpc) is 2.62. The number of methoxy groups -OCH3 is 2. The van der Waals surface area contributed by atoms with Gasteiger partial charge in [-0.25, -0.2) is 0 Å². The van der Waals surface area contributed by atoms with E-state index >= 15 is 0 Å². The number of ether oxygens (including phenoxy) is 2. The van der Waals surface area contributed by atoms with E-state index in [9.17, 15) is 0 Å². The summed E-state index contributed by atoms with van der Waals surface area (Å²) in [6, 6.07) is 6.94. The van der Waals surface area contributed by atoms with Crippen LogP contribution in [0.15, 0.2) is 18.2 Å². The minimum atomic E-state index is 0.793. The van der Waals surface area contributed by atoms with Gasteiger partial charge in [0, 0.05) is 30.8 Å². The minimum absolute atomic E-state index is 0.793. The highest BCUT2D eigenvalue weighted by Crippen LogP contribution is 2.28. The highest BCUT2D eigenvalue weighted by Gasteiger charge is 2.27. The highest BCUT2D eigenvalue weighted by atomic mass is 16.5. The Kier molecular flexibility index (Phi) is 6.01. The van der Waals surface area contributed by atoms with Crippen LogP contribution in [0.2, 0.25) is 0 Å². The van der Waals surface area contributed by atoms with E-state index in [4.69, 9.17) is 9.47 Å². The molecule has 2 heterocycles. The number of nitrogens with zero attached hydrogens (tertiary/aromatic N) is 2. The predicted molar refractivity (Wildman–Crippen MR) is 97.8 cm³/mol. The van der Waals surface area contributed by atoms with Gasteiger partial charge in [0.1, 0.15) is 11.5 Å². The fourth-order valence-electron chi connectivity index (χ4n) is 4.22. The molecule has 1 aromatic carbocycles. The molecule has 0 saturated carbocycles. The van der Waals surface area contributed by atoms with E-state index in [-0.39, 0.29) is 0 Å². The summed E-state index contributed by atoms with van der Waals surface area (Å²) in [6.07, 6.45) is 5.38. The molecule has 0 aliphatic carbocycles. The summed E-state index contributed by atoms with van der Waals surface area (Å²) in [5.74, 6) is 2.66. The zero-order valence-corrected chi connectivity index (χ0v) is 15.5. The van der Waals surface area contributed by atoms with Crippen LogP contribution in [0.25, 0.3) is 0 Å². The fourth-order valence-corrected chi connectivity index (χ4v) is 4.22. The van der Waals surface area contributed by atoms with Crippen molar-refractivity contribution in [2.45, 2.75) is 45.2 Å². The molecule has 2 fully saturated rings. The zero-order chi connectivity index (χ0) is 16.9. The fraction of sp³-hybridized carbons (Fsp3) is 0.700. The lowest BCUT2D eigenvalue weighted by atomic mass is 9.95. The summed E-state index contributed by atoms with van der Waals surface area (Å²) in [6.45, 7) is 8.35. The van der Waals surface area contributed by atoms with E-state index in [2.05, 4.69) is 22.8 Å². The van der Waals surface area contributed by atoms with Crippen LogP contribution in [0.1, 0.15) is 38.2 Å². The molecular weight excluding hydrogens is 300 g/mol. The number of hydrogen-bond acceptors (Lipinski definition) is 4. The molecule has 0 aromatic heterocycles. The molecule has 2 aliphatic heterocycles. The third-order valence-corrected chi connectivity index (χ3v) is 5.65. The summed E-state index contributed by atoms with van der Waals surface area (Å²) in [4.78, 5) is 5.31. The molecule has 24 heavy (non-hydrogen) atoms. The summed E-state index contributed by atoms with van der Waals surface area (Å²) >= 11 is 0. The molecule has 0 unspecified atom stereocenters. The van der Waals surface area contributed by atoms with Crippen molar-refractivity contribution in [2.24, 2.45) is 5.92 Å². The van der Waals surface area contributed by atoms with E-state index in [1.165, 1.54) is 57.4 Å². The van der Waals surface area contributed by atoms with Gasteiger partial charge in [-0.05, 0) is 57.3 Å². The molecule has 0 radical (unpaired) electrons. The number of piperidine rings is 2. The number of rotatable bonds is 5. The van der Waals surface area contributed by atoms with Crippen molar-refractivity contribution >= 4 is 0 Å². The molecule has 0 bridgehead atoms. The molecule has 2 saturated heterocycles. The van der Waals surface area contributed by atoms with Gasteiger partial charge >= 0.3 is 0 Å². The van der Waals surface area contributed by atoms with Crippen molar-refractivity contribution in [3.63, 3.8) is 0 Å². The topological polar surface area (TPSA) is 24.9 Å². The number of benzene rings is 1. The maximum absolute atomic E-state index is 5.54. The molecule has 0 amide bonds. The maximum atomic E-state index is 5.54. The van der Waals surface area contributed by atoms with Crippen molar-refractivity contribution in [1.82, 2.24) is 9.80 Å². The van der Waals surface area contributed by atoms with Crippen molar-refractivity contribution < 1.29 is 9.47 Å². The molecule has 0 spiro atoms. The van der Waals surface area contributed by atoms with E-state index < -0.39 is 0 Å². The van der Waals surface area contributed by atoms with Gasteiger partial charge in [0.25, 0.3) is 0 Å². The summed E-state index contributed by atoms with van der Waals surface area (Å²) in [7, 11) is 3.43. The standard InChI is InChI=1S/C20H32N2O2/c1-16-5-4-10-22(14-16)18-8-11-21(12-9-18)15-17-6-7-19(23-2)13-20(17)24-3/h6-7,13,16,18H,4-5,8-12,14-15H2,1-3H3/t16-/m1/s1. The second kappa shape index (κ2) is 8.21. The minimum Gasteiger partial charge on any atom is -0.497 e.